The van der Waals surface area contributed by atoms with Crippen molar-refractivity contribution in [3.8, 4) is 5.75 Å². The first kappa shape index (κ1) is 14.2. The van der Waals surface area contributed by atoms with E-state index in [1.54, 1.807) is 6.07 Å². The number of phenolic OH excluding ortho intramolecular Hbond substituents is 1. The lowest BCUT2D eigenvalue weighted by Crippen LogP contribution is -2.31. The van der Waals surface area contributed by atoms with Gasteiger partial charge in [-0.2, -0.15) is 0 Å². The third kappa shape index (κ3) is 2.85. The molecule has 1 fully saturated rings. The summed E-state index contributed by atoms with van der Waals surface area (Å²) in [4.78, 5) is 12.3. The maximum Gasteiger partial charge on any atom is 0.230 e. The first-order valence-electron chi connectivity index (χ1n) is 6.35. The highest BCUT2D eigenvalue weighted by Crippen LogP contribution is 2.33. The normalized spacial score (nSPS) is 30.3. The highest BCUT2D eigenvalue weighted by molar-refractivity contribution is 6.32. The van der Waals surface area contributed by atoms with Gasteiger partial charge in [-0.1, -0.05) is 18.5 Å². The van der Waals surface area contributed by atoms with Gasteiger partial charge in [-0.25, -0.2) is 0 Å². The molecule has 1 amide bonds. The minimum Gasteiger partial charge on any atom is -0.506 e. The average Bonchev–Trinajstić information content (AvgIpc) is 2.58. The lowest BCUT2D eigenvalue weighted by molar-refractivity contribution is -0.121. The van der Waals surface area contributed by atoms with Crippen LogP contribution < -0.4 is 5.32 Å². The zero-order valence-corrected chi connectivity index (χ0v) is 11.9. The molecule has 0 spiro atoms. The summed E-state index contributed by atoms with van der Waals surface area (Å²) in [5, 5.41) is 12.4. The number of benzene rings is 1. The molecule has 1 saturated heterocycles. The van der Waals surface area contributed by atoms with E-state index in [0.717, 1.165) is 0 Å². The monoisotopic (exact) mass is 283 g/mol. The van der Waals surface area contributed by atoms with Crippen molar-refractivity contribution in [2.45, 2.75) is 33.0 Å². The molecule has 2 rings (SSSR count). The predicted octanol–water partition coefficient (Wildman–Crippen LogP) is 3.04. The Hall–Kier alpha value is -1.26. The number of anilines is 1. The number of amides is 1. The van der Waals surface area contributed by atoms with E-state index in [1.807, 2.05) is 20.8 Å². The van der Waals surface area contributed by atoms with E-state index in [0.29, 0.717) is 5.69 Å². The van der Waals surface area contributed by atoms with Crippen LogP contribution in [0.25, 0.3) is 0 Å². The van der Waals surface area contributed by atoms with Gasteiger partial charge in [0.25, 0.3) is 0 Å². The molecule has 4 atom stereocenters. The second-order valence-electron chi connectivity index (χ2n) is 5.09. The number of rotatable bonds is 2. The van der Waals surface area contributed by atoms with Gasteiger partial charge in [-0.15, -0.1) is 0 Å². The van der Waals surface area contributed by atoms with Crippen molar-refractivity contribution in [3.63, 3.8) is 0 Å². The number of aromatic hydroxyl groups is 1. The lowest BCUT2D eigenvalue weighted by Gasteiger charge is -2.18. The van der Waals surface area contributed by atoms with Gasteiger partial charge < -0.3 is 15.2 Å². The zero-order valence-electron chi connectivity index (χ0n) is 11.2. The minimum atomic E-state index is -0.178. The smallest absolute Gasteiger partial charge is 0.230 e. The fraction of sp³-hybridized carbons (Fsp3) is 0.500. The Balaban J connectivity index is 2.10. The van der Waals surface area contributed by atoms with Crippen LogP contribution in [0, 0.1) is 11.8 Å². The molecule has 0 bridgehead atoms. The molecule has 2 N–H and O–H groups in total. The Bertz CT molecular complexity index is 492. The fourth-order valence-corrected chi connectivity index (χ4v) is 2.71. The van der Waals surface area contributed by atoms with Gasteiger partial charge in [0.2, 0.25) is 5.91 Å². The van der Waals surface area contributed by atoms with Crippen LogP contribution in [0.3, 0.4) is 0 Å². The third-order valence-electron chi connectivity index (χ3n) is 3.76. The van der Waals surface area contributed by atoms with E-state index < -0.39 is 0 Å². The highest BCUT2D eigenvalue weighted by Gasteiger charge is 2.41. The maximum atomic E-state index is 12.3. The van der Waals surface area contributed by atoms with Crippen LogP contribution in [0.15, 0.2) is 18.2 Å². The standard InChI is InChI=1S/C14H18ClNO3/c1-7-8(2)19-9(3)13(7)14(18)16-10-4-5-12(17)11(15)6-10/h4-9,13,17H,1-3H3,(H,16,18). The van der Waals surface area contributed by atoms with Crippen LogP contribution in [-0.2, 0) is 9.53 Å². The molecule has 1 heterocycles. The first-order chi connectivity index (χ1) is 8.90. The summed E-state index contributed by atoms with van der Waals surface area (Å²) < 4.78 is 5.66. The number of hydrogen-bond donors (Lipinski definition) is 2. The SMILES string of the molecule is CC1OC(C)C(C(=O)Nc2ccc(O)c(Cl)c2)C1C. The van der Waals surface area contributed by atoms with Gasteiger partial charge >= 0.3 is 0 Å². The van der Waals surface area contributed by atoms with Gasteiger partial charge in [-0.3, -0.25) is 4.79 Å². The number of carbonyl (C=O) groups excluding carboxylic acids is 1. The van der Waals surface area contributed by atoms with Gasteiger partial charge in [0.05, 0.1) is 23.1 Å². The molecule has 0 aliphatic carbocycles. The van der Waals surface area contributed by atoms with E-state index in [-0.39, 0.29) is 40.7 Å². The van der Waals surface area contributed by atoms with E-state index in [2.05, 4.69) is 5.32 Å². The van der Waals surface area contributed by atoms with Gasteiger partial charge in [0, 0.05) is 5.69 Å². The molecule has 1 aliphatic rings. The van der Waals surface area contributed by atoms with Crippen molar-refractivity contribution in [2.75, 3.05) is 5.32 Å². The van der Waals surface area contributed by atoms with Crippen molar-refractivity contribution in [2.24, 2.45) is 11.8 Å². The molecule has 19 heavy (non-hydrogen) atoms. The Morgan fingerprint density at radius 2 is 2.00 bits per heavy atom. The van der Waals surface area contributed by atoms with E-state index in [9.17, 15) is 9.90 Å². The Kier molecular flexibility index (Phi) is 4.02. The van der Waals surface area contributed by atoms with Crippen molar-refractivity contribution >= 4 is 23.2 Å². The number of nitrogens with one attached hydrogen (secondary N) is 1. The van der Waals surface area contributed by atoms with E-state index >= 15 is 0 Å². The first-order valence-corrected chi connectivity index (χ1v) is 6.72. The number of ether oxygens (including phenoxy) is 1. The summed E-state index contributed by atoms with van der Waals surface area (Å²) in [6.45, 7) is 5.90. The molecule has 4 nitrogen and oxygen atoms in total. The predicted molar refractivity (Wildman–Crippen MR) is 74.4 cm³/mol. The summed E-state index contributed by atoms with van der Waals surface area (Å²) in [7, 11) is 0. The van der Waals surface area contributed by atoms with Crippen molar-refractivity contribution in [3.05, 3.63) is 23.2 Å². The molecule has 0 saturated carbocycles. The molecular weight excluding hydrogens is 266 g/mol. The summed E-state index contributed by atoms with van der Waals surface area (Å²) in [6, 6.07) is 4.61. The average molecular weight is 284 g/mol. The zero-order chi connectivity index (χ0) is 14.2. The van der Waals surface area contributed by atoms with Crippen LogP contribution in [0.5, 0.6) is 5.75 Å². The Morgan fingerprint density at radius 3 is 2.53 bits per heavy atom. The second kappa shape index (κ2) is 5.39. The maximum absolute atomic E-state index is 12.3. The number of carbonyl (C=O) groups is 1. The highest BCUT2D eigenvalue weighted by atomic mass is 35.5. The number of hydrogen-bond acceptors (Lipinski definition) is 3. The molecule has 0 aromatic heterocycles. The summed E-state index contributed by atoms with van der Waals surface area (Å²) in [5.41, 5.74) is 0.576. The molecule has 1 aromatic carbocycles. The van der Waals surface area contributed by atoms with Crippen LogP contribution in [0.4, 0.5) is 5.69 Å². The van der Waals surface area contributed by atoms with E-state index in [4.69, 9.17) is 16.3 Å². The van der Waals surface area contributed by atoms with Crippen LogP contribution >= 0.6 is 11.6 Å². The van der Waals surface area contributed by atoms with Crippen molar-refractivity contribution in [1.82, 2.24) is 0 Å². The molecule has 4 unspecified atom stereocenters. The Labute approximate surface area is 117 Å². The van der Waals surface area contributed by atoms with Crippen LogP contribution in [-0.4, -0.2) is 23.2 Å². The molecule has 0 radical (unpaired) electrons. The molecule has 104 valence electrons. The number of phenols is 1. The molecular formula is C14H18ClNO3. The van der Waals surface area contributed by atoms with E-state index in [1.165, 1.54) is 12.1 Å². The number of halogens is 1. The second-order valence-corrected chi connectivity index (χ2v) is 5.49. The van der Waals surface area contributed by atoms with Gasteiger partial charge in [-0.05, 0) is 38.0 Å². The van der Waals surface area contributed by atoms with Gasteiger partial charge in [0.1, 0.15) is 5.75 Å². The summed E-state index contributed by atoms with van der Waals surface area (Å²) >= 11 is 5.81. The Morgan fingerprint density at radius 1 is 1.32 bits per heavy atom. The third-order valence-corrected chi connectivity index (χ3v) is 4.06. The summed E-state index contributed by atoms with van der Waals surface area (Å²) in [6.07, 6.45) is -0.0215. The molecule has 1 aliphatic heterocycles. The molecule has 1 aromatic rings. The van der Waals surface area contributed by atoms with Crippen LogP contribution in [0.2, 0.25) is 5.02 Å². The molecule has 5 heteroatoms. The quantitative estimate of drug-likeness (QED) is 0.820. The lowest BCUT2D eigenvalue weighted by atomic mass is 9.89. The largest absolute Gasteiger partial charge is 0.506 e. The minimum absolute atomic E-state index is 0.000719. The van der Waals surface area contributed by atoms with Crippen molar-refractivity contribution < 1.29 is 14.6 Å². The fourth-order valence-electron chi connectivity index (χ4n) is 2.53. The summed E-state index contributed by atoms with van der Waals surface area (Å²) in [5.74, 6) is -0.0875. The van der Waals surface area contributed by atoms with Crippen LogP contribution in [0.1, 0.15) is 20.8 Å². The van der Waals surface area contributed by atoms with Crippen molar-refractivity contribution in [1.29, 1.82) is 0 Å². The van der Waals surface area contributed by atoms with Gasteiger partial charge in [0.15, 0.2) is 0 Å². The topological polar surface area (TPSA) is 58.6 Å².